The lowest BCUT2D eigenvalue weighted by atomic mass is 10.3. The molecular weight excluding hydrogens is 236 g/mol. The normalized spacial score (nSPS) is 11.8. The molecule has 0 saturated carbocycles. The van der Waals surface area contributed by atoms with Crippen LogP contribution < -0.4 is 10.6 Å². The van der Waals surface area contributed by atoms with Crippen molar-refractivity contribution in [2.45, 2.75) is 32.4 Å². The zero-order valence-electron chi connectivity index (χ0n) is 10.3. The summed E-state index contributed by atoms with van der Waals surface area (Å²) in [5, 5.41) is 17.8. The van der Waals surface area contributed by atoms with Gasteiger partial charge in [-0.3, -0.25) is 9.48 Å². The van der Waals surface area contributed by atoms with Crippen LogP contribution in [0.4, 0.5) is 4.79 Å². The Kier molecular flexibility index (Phi) is 5.69. The summed E-state index contributed by atoms with van der Waals surface area (Å²) >= 11 is 0. The van der Waals surface area contributed by atoms with Crippen molar-refractivity contribution >= 4 is 12.0 Å². The van der Waals surface area contributed by atoms with Gasteiger partial charge in [0.2, 0.25) is 0 Å². The molecule has 0 aliphatic carbocycles. The maximum Gasteiger partial charge on any atom is 0.315 e. The van der Waals surface area contributed by atoms with Gasteiger partial charge in [-0.1, -0.05) is 0 Å². The summed E-state index contributed by atoms with van der Waals surface area (Å²) in [6.45, 7) is 2.82. The van der Waals surface area contributed by atoms with Crippen molar-refractivity contribution in [3.8, 4) is 0 Å². The van der Waals surface area contributed by atoms with Crippen LogP contribution in [0.2, 0.25) is 0 Å². The maximum absolute atomic E-state index is 11.4. The van der Waals surface area contributed by atoms with Gasteiger partial charge in [-0.2, -0.15) is 5.10 Å². The first-order valence-electron chi connectivity index (χ1n) is 5.81. The van der Waals surface area contributed by atoms with Gasteiger partial charge in [-0.05, 0) is 19.4 Å². The maximum atomic E-state index is 11.4. The number of urea groups is 1. The van der Waals surface area contributed by atoms with Crippen molar-refractivity contribution in [3.05, 3.63) is 18.5 Å². The van der Waals surface area contributed by atoms with E-state index in [4.69, 9.17) is 5.11 Å². The van der Waals surface area contributed by atoms with Crippen LogP contribution in [-0.4, -0.2) is 39.5 Å². The summed E-state index contributed by atoms with van der Waals surface area (Å²) < 4.78 is 1.73. The second-order valence-corrected chi connectivity index (χ2v) is 4.03. The molecule has 0 bridgehead atoms. The third-order valence-corrected chi connectivity index (χ3v) is 2.25. The van der Waals surface area contributed by atoms with E-state index >= 15 is 0 Å². The number of rotatable bonds is 7. The van der Waals surface area contributed by atoms with Crippen LogP contribution in [0.5, 0.6) is 0 Å². The first kappa shape index (κ1) is 14.0. The number of aliphatic carboxylic acids is 1. The van der Waals surface area contributed by atoms with Crippen LogP contribution in [-0.2, 0) is 11.3 Å². The highest BCUT2D eigenvalue weighted by atomic mass is 16.4. The van der Waals surface area contributed by atoms with Crippen molar-refractivity contribution in [3.63, 3.8) is 0 Å². The number of nitrogens with zero attached hydrogens (tertiary/aromatic N) is 2. The van der Waals surface area contributed by atoms with E-state index in [2.05, 4.69) is 15.7 Å². The first-order valence-corrected chi connectivity index (χ1v) is 5.81. The van der Waals surface area contributed by atoms with Crippen LogP contribution in [0.25, 0.3) is 0 Å². The Balaban J connectivity index is 2.13. The summed E-state index contributed by atoms with van der Waals surface area (Å²) in [4.78, 5) is 21.7. The molecule has 1 heterocycles. The van der Waals surface area contributed by atoms with Gasteiger partial charge in [0, 0.05) is 31.4 Å². The fraction of sp³-hybridized carbons (Fsp3) is 0.545. The second-order valence-electron chi connectivity index (χ2n) is 4.03. The number of hydrogen-bond acceptors (Lipinski definition) is 3. The molecule has 3 N–H and O–H groups in total. The molecule has 0 aliphatic heterocycles. The lowest BCUT2D eigenvalue weighted by molar-refractivity contribution is -0.137. The summed E-state index contributed by atoms with van der Waals surface area (Å²) in [5.74, 6) is -0.857. The van der Waals surface area contributed by atoms with Gasteiger partial charge in [-0.25, -0.2) is 4.79 Å². The number of hydrogen-bond donors (Lipinski definition) is 3. The quantitative estimate of drug-likeness (QED) is 0.615. The molecule has 0 aliphatic rings. The standard InChI is InChI=1S/C11H18N4O3/c1-9(8-15-7-3-6-13-15)14-11(18)12-5-2-4-10(16)17/h3,6-7,9H,2,4-5,8H2,1H3,(H,16,17)(H2,12,14,18). The molecule has 7 nitrogen and oxygen atoms in total. The van der Waals surface area contributed by atoms with Gasteiger partial charge in [0.1, 0.15) is 0 Å². The zero-order chi connectivity index (χ0) is 13.4. The lowest BCUT2D eigenvalue weighted by Gasteiger charge is -2.14. The van der Waals surface area contributed by atoms with Gasteiger partial charge in [0.25, 0.3) is 0 Å². The Morgan fingerprint density at radius 3 is 2.89 bits per heavy atom. The average Bonchev–Trinajstić information content (AvgIpc) is 2.76. The Labute approximate surface area is 105 Å². The molecule has 0 fully saturated rings. The number of nitrogens with one attached hydrogen (secondary N) is 2. The molecule has 18 heavy (non-hydrogen) atoms. The van der Waals surface area contributed by atoms with Crippen molar-refractivity contribution in [1.82, 2.24) is 20.4 Å². The average molecular weight is 254 g/mol. The molecule has 1 rings (SSSR count). The molecule has 1 aromatic heterocycles. The number of carbonyl (C=O) groups is 2. The van der Waals surface area contributed by atoms with Crippen LogP contribution in [0.3, 0.4) is 0 Å². The summed E-state index contributed by atoms with van der Waals surface area (Å²) in [6, 6.07) is 1.48. The third kappa shape index (κ3) is 5.88. The molecule has 0 saturated heterocycles. The molecule has 100 valence electrons. The van der Waals surface area contributed by atoms with Crippen molar-refractivity contribution in [1.29, 1.82) is 0 Å². The smallest absolute Gasteiger partial charge is 0.315 e. The summed E-state index contributed by atoms with van der Waals surface area (Å²) in [6.07, 6.45) is 3.99. The fourth-order valence-corrected chi connectivity index (χ4v) is 1.45. The molecule has 0 aromatic carbocycles. The summed E-state index contributed by atoms with van der Waals surface area (Å²) in [5.41, 5.74) is 0. The largest absolute Gasteiger partial charge is 0.481 e. The monoisotopic (exact) mass is 254 g/mol. The molecule has 0 radical (unpaired) electrons. The van der Waals surface area contributed by atoms with Crippen LogP contribution >= 0.6 is 0 Å². The Bertz CT molecular complexity index is 378. The van der Waals surface area contributed by atoms with Crippen molar-refractivity contribution in [2.24, 2.45) is 0 Å². The summed E-state index contributed by atoms with van der Waals surface area (Å²) in [7, 11) is 0. The minimum absolute atomic E-state index is 0.0515. The van der Waals surface area contributed by atoms with Gasteiger partial charge >= 0.3 is 12.0 Å². The second kappa shape index (κ2) is 7.31. The van der Waals surface area contributed by atoms with Gasteiger partial charge in [0.05, 0.1) is 6.54 Å². The highest BCUT2D eigenvalue weighted by Crippen LogP contribution is 1.91. The van der Waals surface area contributed by atoms with E-state index < -0.39 is 5.97 Å². The van der Waals surface area contributed by atoms with Crippen molar-refractivity contribution < 1.29 is 14.7 Å². The molecule has 1 unspecified atom stereocenters. The number of carboxylic acids is 1. The highest BCUT2D eigenvalue weighted by Gasteiger charge is 2.07. The minimum atomic E-state index is -0.857. The number of carbonyl (C=O) groups excluding carboxylic acids is 1. The van der Waals surface area contributed by atoms with E-state index in [1.165, 1.54) is 0 Å². The fourth-order valence-electron chi connectivity index (χ4n) is 1.45. The predicted molar refractivity (Wildman–Crippen MR) is 65.1 cm³/mol. The minimum Gasteiger partial charge on any atom is -0.481 e. The van der Waals surface area contributed by atoms with Crippen LogP contribution in [0.1, 0.15) is 19.8 Å². The third-order valence-electron chi connectivity index (χ3n) is 2.25. The molecule has 7 heteroatoms. The van der Waals surface area contributed by atoms with Gasteiger partial charge in [-0.15, -0.1) is 0 Å². The predicted octanol–water partition coefficient (Wildman–Crippen LogP) is 0.436. The highest BCUT2D eigenvalue weighted by molar-refractivity contribution is 5.74. The van der Waals surface area contributed by atoms with Gasteiger partial charge in [0.15, 0.2) is 0 Å². The van der Waals surface area contributed by atoms with E-state index in [-0.39, 0.29) is 18.5 Å². The SMILES string of the molecule is CC(Cn1cccn1)NC(=O)NCCCC(=O)O. The molecule has 0 spiro atoms. The van der Waals surface area contributed by atoms with E-state index in [0.29, 0.717) is 19.5 Å². The molecular formula is C11H18N4O3. The Morgan fingerprint density at radius 2 is 2.28 bits per heavy atom. The molecule has 1 aromatic rings. The van der Waals surface area contributed by atoms with Crippen LogP contribution in [0, 0.1) is 0 Å². The zero-order valence-corrected chi connectivity index (χ0v) is 10.3. The van der Waals surface area contributed by atoms with Gasteiger partial charge < -0.3 is 15.7 Å². The molecule has 2 amide bonds. The molecule has 1 atom stereocenters. The van der Waals surface area contributed by atoms with Crippen LogP contribution in [0.15, 0.2) is 18.5 Å². The number of amides is 2. The topological polar surface area (TPSA) is 96.3 Å². The number of carboxylic acid groups (broad SMARTS) is 1. The lowest BCUT2D eigenvalue weighted by Crippen LogP contribution is -2.42. The first-order chi connectivity index (χ1) is 8.58. The van der Waals surface area contributed by atoms with E-state index in [1.54, 1.807) is 10.9 Å². The van der Waals surface area contributed by atoms with E-state index in [0.717, 1.165) is 0 Å². The number of aromatic nitrogens is 2. The Hall–Kier alpha value is -2.05. The van der Waals surface area contributed by atoms with E-state index in [9.17, 15) is 9.59 Å². The van der Waals surface area contributed by atoms with Crippen molar-refractivity contribution in [2.75, 3.05) is 6.54 Å². The Morgan fingerprint density at radius 1 is 1.50 bits per heavy atom. The van der Waals surface area contributed by atoms with E-state index in [1.807, 2.05) is 19.2 Å².